The molecule has 0 radical (unpaired) electrons. The molecule has 0 spiro atoms. The van der Waals surface area contributed by atoms with Gasteiger partial charge in [-0.3, -0.25) is 9.59 Å². The van der Waals surface area contributed by atoms with Gasteiger partial charge in [0.2, 0.25) is 11.8 Å². The van der Waals surface area contributed by atoms with Gasteiger partial charge in [-0.15, -0.1) is 0 Å². The van der Waals surface area contributed by atoms with Crippen LogP contribution in [0.15, 0.2) is 48.5 Å². The van der Waals surface area contributed by atoms with E-state index in [1.54, 1.807) is 24.3 Å². The predicted molar refractivity (Wildman–Crippen MR) is 106 cm³/mol. The number of rotatable bonds is 7. The summed E-state index contributed by atoms with van der Waals surface area (Å²) in [6.45, 7) is 2.15. The molecule has 126 valence electrons. The highest BCUT2D eigenvalue weighted by atomic mass is 127. The maximum absolute atomic E-state index is 12.0. The second kappa shape index (κ2) is 9.27. The van der Waals surface area contributed by atoms with Crippen LogP contribution in [0.3, 0.4) is 0 Å². The van der Waals surface area contributed by atoms with E-state index >= 15 is 0 Å². The fourth-order valence-electron chi connectivity index (χ4n) is 2.04. The molecule has 3 N–H and O–H groups in total. The van der Waals surface area contributed by atoms with Crippen LogP contribution in [0.2, 0.25) is 0 Å². The average molecular weight is 437 g/mol. The molecule has 0 aliphatic carbocycles. The van der Waals surface area contributed by atoms with Gasteiger partial charge in [-0.05, 0) is 77.5 Å². The zero-order valence-electron chi connectivity index (χ0n) is 13.4. The number of anilines is 3. The van der Waals surface area contributed by atoms with Crippen LogP contribution in [0, 0.1) is 3.57 Å². The van der Waals surface area contributed by atoms with Crippen LogP contribution in [0.5, 0.6) is 0 Å². The summed E-state index contributed by atoms with van der Waals surface area (Å²) in [5, 5.41) is 8.69. The van der Waals surface area contributed by atoms with E-state index in [9.17, 15) is 9.59 Å². The molecule has 0 saturated carbocycles. The van der Waals surface area contributed by atoms with Gasteiger partial charge in [0, 0.05) is 27.1 Å². The van der Waals surface area contributed by atoms with Crippen LogP contribution >= 0.6 is 22.6 Å². The van der Waals surface area contributed by atoms with Crippen LogP contribution in [0.25, 0.3) is 0 Å². The van der Waals surface area contributed by atoms with Gasteiger partial charge in [-0.2, -0.15) is 0 Å². The molecule has 0 aliphatic heterocycles. The Balaban J connectivity index is 1.81. The van der Waals surface area contributed by atoms with Crippen molar-refractivity contribution >= 4 is 51.5 Å². The lowest BCUT2D eigenvalue weighted by Gasteiger charge is -2.09. The summed E-state index contributed by atoms with van der Waals surface area (Å²) >= 11 is 2.23. The average Bonchev–Trinajstić information content (AvgIpc) is 2.56. The Kier molecular flexibility index (Phi) is 7.05. The summed E-state index contributed by atoms with van der Waals surface area (Å²) in [6, 6.07) is 14.9. The van der Waals surface area contributed by atoms with Gasteiger partial charge in [0.1, 0.15) is 0 Å². The molecular formula is C18H20IN3O2. The first-order valence-electron chi connectivity index (χ1n) is 7.76. The smallest absolute Gasteiger partial charge is 0.243 e. The Labute approximate surface area is 155 Å². The van der Waals surface area contributed by atoms with Gasteiger partial charge in [-0.25, -0.2) is 0 Å². The van der Waals surface area contributed by atoms with Crippen molar-refractivity contribution in [2.45, 2.75) is 19.8 Å². The quantitative estimate of drug-likeness (QED) is 0.572. The van der Waals surface area contributed by atoms with Crippen molar-refractivity contribution in [2.24, 2.45) is 0 Å². The topological polar surface area (TPSA) is 70.2 Å². The van der Waals surface area contributed by atoms with Gasteiger partial charge in [0.05, 0.1) is 6.54 Å². The van der Waals surface area contributed by atoms with E-state index in [0.717, 1.165) is 21.4 Å². The second-order valence-electron chi connectivity index (χ2n) is 5.28. The summed E-state index contributed by atoms with van der Waals surface area (Å²) < 4.78 is 1.15. The standard InChI is InChI=1S/C18H20IN3O2/c1-2-3-17(23)21-15-8-10-16(11-9-15)22-18(24)12-20-14-6-4-13(19)5-7-14/h4-11,20H,2-3,12H2,1H3,(H,21,23)(H,22,24). The SMILES string of the molecule is CCCC(=O)Nc1ccc(NC(=O)CNc2ccc(I)cc2)cc1. The number of hydrogen-bond donors (Lipinski definition) is 3. The molecule has 0 aromatic heterocycles. The van der Waals surface area contributed by atoms with Gasteiger partial charge >= 0.3 is 0 Å². The third-order valence-corrected chi connectivity index (χ3v) is 3.95. The lowest BCUT2D eigenvalue weighted by atomic mass is 10.2. The van der Waals surface area contributed by atoms with E-state index < -0.39 is 0 Å². The van der Waals surface area contributed by atoms with E-state index in [0.29, 0.717) is 12.1 Å². The lowest BCUT2D eigenvalue weighted by Crippen LogP contribution is -2.21. The predicted octanol–water partition coefficient (Wildman–Crippen LogP) is 4.08. The first-order chi connectivity index (χ1) is 11.6. The van der Waals surface area contributed by atoms with Crippen molar-refractivity contribution < 1.29 is 9.59 Å². The maximum Gasteiger partial charge on any atom is 0.243 e. The number of carbonyl (C=O) groups excluding carboxylic acids is 2. The van der Waals surface area contributed by atoms with Crippen LogP contribution in [0.1, 0.15) is 19.8 Å². The molecule has 5 nitrogen and oxygen atoms in total. The third kappa shape index (κ3) is 6.19. The Morgan fingerprint density at radius 3 is 1.88 bits per heavy atom. The van der Waals surface area contributed by atoms with Gasteiger partial charge in [0.25, 0.3) is 0 Å². The lowest BCUT2D eigenvalue weighted by molar-refractivity contribution is -0.116. The highest BCUT2D eigenvalue weighted by Gasteiger charge is 2.04. The van der Waals surface area contributed by atoms with Crippen molar-refractivity contribution in [1.82, 2.24) is 0 Å². The Morgan fingerprint density at radius 2 is 1.33 bits per heavy atom. The highest BCUT2D eigenvalue weighted by molar-refractivity contribution is 14.1. The summed E-state index contributed by atoms with van der Waals surface area (Å²) in [5.41, 5.74) is 2.32. The number of carbonyl (C=O) groups is 2. The minimum absolute atomic E-state index is 0.00370. The van der Waals surface area contributed by atoms with Crippen molar-refractivity contribution in [3.63, 3.8) is 0 Å². The first-order valence-corrected chi connectivity index (χ1v) is 8.84. The fourth-order valence-corrected chi connectivity index (χ4v) is 2.40. The van der Waals surface area contributed by atoms with E-state index in [1.807, 2.05) is 31.2 Å². The number of hydrogen-bond acceptors (Lipinski definition) is 3. The van der Waals surface area contributed by atoms with E-state index in [4.69, 9.17) is 0 Å². The molecule has 24 heavy (non-hydrogen) atoms. The first kappa shape index (κ1) is 18.3. The van der Waals surface area contributed by atoms with Crippen molar-refractivity contribution in [1.29, 1.82) is 0 Å². The summed E-state index contributed by atoms with van der Waals surface area (Å²) in [4.78, 5) is 23.5. The van der Waals surface area contributed by atoms with Crippen molar-refractivity contribution in [3.8, 4) is 0 Å². The van der Waals surface area contributed by atoms with Crippen molar-refractivity contribution in [3.05, 3.63) is 52.1 Å². The molecule has 0 aliphatic rings. The van der Waals surface area contributed by atoms with Crippen LogP contribution in [-0.2, 0) is 9.59 Å². The molecule has 0 fully saturated rings. The Morgan fingerprint density at radius 1 is 0.833 bits per heavy atom. The van der Waals surface area contributed by atoms with E-state index in [-0.39, 0.29) is 18.4 Å². The summed E-state index contributed by atoms with van der Waals surface area (Å²) in [7, 11) is 0. The molecule has 0 bridgehead atoms. The largest absolute Gasteiger partial charge is 0.376 e. The molecule has 2 aromatic carbocycles. The normalized spacial score (nSPS) is 10.1. The third-order valence-electron chi connectivity index (χ3n) is 3.23. The number of benzene rings is 2. The molecule has 0 atom stereocenters. The minimum atomic E-state index is -0.128. The zero-order valence-corrected chi connectivity index (χ0v) is 15.6. The highest BCUT2D eigenvalue weighted by Crippen LogP contribution is 2.14. The number of halogens is 1. The molecule has 0 unspecified atom stereocenters. The molecular weight excluding hydrogens is 417 g/mol. The molecule has 2 amide bonds. The summed E-state index contributed by atoms with van der Waals surface area (Å²) in [6.07, 6.45) is 1.32. The second-order valence-corrected chi connectivity index (χ2v) is 6.53. The number of nitrogens with one attached hydrogen (secondary N) is 3. The summed E-state index contributed by atoms with van der Waals surface area (Å²) in [5.74, 6) is -0.132. The van der Waals surface area contributed by atoms with Crippen molar-refractivity contribution in [2.75, 3.05) is 22.5 Å². The number of amides is 2. The maximum atomic E-state index is 12.0. The molecule has 2 rings (SSSR count). The van der Waals surface area contributed by atoms with Crippen LogP contribution < -0.4 is 16.0 Å². The van der Waals surface area contributed by atoms with E-state index in [1.165, 1.54) is 0 Å². The van der Waals surface area contributed by atoms with Crippen LogP contribution in [0.4, 0.5) is 17.1 Å². The van der Waals surface area contributed by atoms with Gasteiger partial charge < -0.3 is 16.0 Å². The Hall–Kier alpha value is -2.09. The van der Waals surface area contributed by atoms with Gasteiger partial charge in [-0.1, -0.05) is 6.92 Å². The minimum Gasteiger partial charge on any atom is -0.376 e. The van der Waals surface area contributed by atoms with Gasteiger partial charge in [0.15, 0.2) is 0 Å². The monoisotopic (exact) mass is 437 g/mol. The molecule has 2 aromatic rings. The molecule has 0 saturated heterocycles. The Bertz CT molecular complexity index is 684. The zero-order chi connectivity index (χ0) is 17.4. The molecule has 0 heterocycles. The fraction of sp³-hybridized carbons (Fsp3) is 0.222. The van der Waals surface area contributed by atoms with E-state index in [2.05, 4.69) is 38.5 Å². The molecule has 6 heteroatoms. The van der Waals surface area contributed by atoms with Crippen LogP contribution in [-0.4, -0.2) is 18.4 Å².